The van der Waals surface area contributed by atoms with Gasteiger partial charge in [-0.1, -0.05) is 30.3 Å². The molecule has 0 atom stereocenters. The molecule has 0 aromatic heterocycles. The smallest absolute Gasteiger partial charge is 0.325 e. The van der Waals surface area contributed by atoms with Gasteiger partial charge in [0.2, 0.25) is 11.3 Å². The summed E-state index contributed by atoms with van der Waals surface area (Å²) >= 11 is 0. The second-order valence-electron chi connectivity index (χ2n) is 9.77. The standard InChI is InChI=1S/C27H31N2O.C5H12NO4P.CH5N/c1-5-28(6-2)21-14-16-23-25(18-21)30-26-19-22(29(7-3)8-4)15-17-24(26)27(23)20-12-10-9-11-13-20;1-5(7)6-3-2-4-11(8,9)10;1-2/h9-19H,5-8H2,1-4H3;2-4H2,1H3,(H,6,7)(H2,8,9,10);2H2,1H3/q+1;;. The molecule has 0 fully saturated rings. The number of carbonyl (C=O) groups is 1. The highest BCUT2D eigenvalue weighted by molar-refractivity contribution is 7.51. The average Bonchev–Trinajstić information content (AvgIpc) is 3.00. The van der Waals surface area contributed by atoms with E-state index in [0.29, 0.717) is 13.0 Å². The zero-order chi connectivity index (χ0) is 32.0. The van der Waals surface area contributed by atoms with Crippen molar-refractivity contribution in [1.82, 2.24) is 9.89 Å². The van der Waals surface area contributed by atoms with Crippen LogP contribution in [-0.4, -0.2) is 61.6 Å². The minimum absolute atomic E-state index is 0.173. The second-order valence-corrected chi connectivity index (χ2v) is 11.5. The van der Waals surface area contributed by atoms with Gasteiger partial charge in [0.05, 0.1) is 12.2 Å². The van der Waals surface area contributed by atoms with Gasteiger partial charge in [0.1, 0.15) is 24.4 Å². The number of fused-ring (bicyclic) bond motifs is 2. The van der Waals surface area contributed by atoms with Gasteiger partial charge in [0.15, 0.2) is 0 Å². The highest BCUT2D eigenvalue weighted by atomic mass is 31.2. The molecule has 0 bridgehead atoms. The third-order valence-corrected chi connectivity index (χ3v) is 7.91. The Hall–Kier alpha value is -3.49. The molecule has 0 unspecified atom stereocenters. The van der Waals surface area contributed by atoms with E-state index in [-0.39, 0.29) is 12.1 Å². The summed E-state index contributed by atoms with van der Waals surface area (Å²) in [6.07, 6.45) is 0.136. The Labute approximate surface area is 255 Å². The van der Waals surface area contributed by atoms with E-state index in [4.69, 9.17) is 14.2 Å². The van der Waals surface area contributed by atoms with Crippen LogP contribution < -0.4 is 25.9 Å². The van der Waals surface area contributed by atoms with Crippen molar-refractivity contribution < 1.29 is 23.6 Å². The molecule has 0 radical (unpaired) electrons. The van der Waals surface area contributed by atoms with Crippen LogP contribution >= 0.6 is 7.60 Å². The van der Waals surface area contributed by atoms with Crippen LogP contribution in [0.2, 0.25) is 0 Å². The first-order valence-electron chi connectivity index (χ1n) is 14.9. The van der Waals surface area contributed by atoms with E-state index in [1.54, 1.807) is 0 Å². The number of benzene rings is 3. The van der Waals surface area contributed by atoms with Crippen molar-refractivity contribution in [3.8, 4) is 22.5 Å². The van der Waals surface area contributed by atoms with Crippen LogP contribution in [0.15, 0.2) is 71.1 Å². The molecule has 2 aromatic rings. The lowest BCUT2D eigenvalue weighted by Crippen LogP contribution is -2.29. The predicted molar refractivity (Wildman–Crippen MR) is 179 cm³/mol. The maximum Gasteiger partial charge on any atom is 0.325 e. The number of amides is 1. The zero-order valence-corrected chi connectivity index (χ0v) is 27.2. The van der Waals surface area contributed by atoms with Crippen LogP contribution in [0.1, 0.15) is 41.0 Å². The van der Waals surface area contributed by atoms with E-state index in [1.807, 2.05) is 0 Å². The molecule has 234 valence electrons. The summed E-state index contributed by atoms with van der Waals surface area (Å²) in [5.74, 6) is 0.748. The molecular formula is C33H48N4O5P+. The molecule has 4 rings (SSSR count). The van der Waals surface area contributed by atoms with Gasteiger partial charge in [-0.05, 0) is 64.9 Å². The van der Waals surface area contributed by atoms with Gasteiger partial charge in [-0.15, -0.1) is 0 Å². The Kier molecular flexibility index (Phi) is 14.6. The number of anilines is 1. The van der Waals surface area contributed by atoms with Crippen LogP contribution in [-0.2, 0) is 9.36 Å². The lowest BCUT2D eigenvalue weighted by atomic mass is 9.93. The number of rotatable bonds is 10. The number of carbonyl (C=O) groups excluding carboxylic acids is 1. The third kappa shape index (κ3) is 10.3. The molecule has 0 spiro atoms. The highest BCUT2D eigenvalue weighted by Gasteiger charge is 2.19. The van der Waals surface area contributed by atoms with E-state index >= 15 is 0 Å². The summed E-state index contributed by atoms with van der Waals surface area (Å²) in [6, 6.07) is 23.9. The number of nitrogens with one attached hydrogen (secondary N) is 1. The molecule has 9 nitrogen and oxygen atoms in total. The molecule has 0 saturated heterocycles. The van der Waals surface area contributed by atoms with Crippen LogP contribution in [0, 0.1) is 0 Å². The van der Waals surface area contributed by atoms with E-state index in [2.05, 4.69) is 115 Å². The molecule has 5 N–H and O–H groups in total. The van der Waals surface area contributed by atoms with E-state index in [0.717, 1.165) is 48.5 Å². The van der Waals surface area contributed by atoms with E-state index in [1.165, 1.54) is 36.1 Å². The van der Waals surface area contributed by atoms with Crippen molar-refractivity contribution >= 4 is 30.2 Å². The topological polar surface area (TPSA) is 132 Å². The van der Waals surface area contributed by atoms with Crippen molar-refractivity contribution in [2.75, 3.05) is 50.8 Å². The summed E-state index contributed by atoms with van der Waals surface area (Å²) < 4.78 is 19.1. The summed E-state index contributed by atoms with van der Waals surface area (Å²) in [4.78, 5) is 29.4. The van der Waals surface area contributed by atoms with Gasteiger partial charge >= 0.3 is 7.60 Å². The molecule has 1 heterocycles. The maximum atomic E-state index is 10.3. The number of hydrogen-bond acceptors (Lipinski definition) is 5. The summed E-state index contributed by atoms with van der Waals surface area (Å²) in [5.41, 5.74) is 10.2. The Balaban J connectivity index is 0.000000422. The van der Waals surface area contributed by atoms with Gasteiger partial charge in [-0.2, -0.15) is 0 Å². The largest absolute Gasteiger partial charge is 0.456 e. The van der Waals surface area contributed by atoms with Crippen molar-refractivity contribution in [3.05, 3.63) is 72.1 Å². The first kappa shape index (κ1) is 35.7. The molecular weight excluding hydrogens is 563 g/mol. The highest BCUT2D eigenvalue weighted by Crippen LogP contribution is 2.40. The predicted octanol–water partition coefficient (Wildman–Crippen LogP) is 5.13. The Morgan fingerprint density at radius 3 is 2.16 bits per heavy atom. The maximum absolute atomic E-state index is 10.3. The monoisotopic (exact) mass is 611 g/mol. The average molecular weight is 612 g/mol. The molecule has 1 aliphatic carbocycles. The first-order chi connectivity index (χ1) is 20.6. The van der Waals surface area contributed by atoms with Gasteiger partial charge in [0.25, 0.3) is 0 Å². The number of nitrogens with zero attached hydrogens (tertiary/aromatic N) is 2. The van der Waals surface area contributed by atoms with Crippen molar-refractivity contribution in [2.24, 2.45) is 5.73 Å². The Morgan fingerprint density at radius 1 is 0.953 bits per heavy atom. The molecule has 2 aliphatic rings. The van der Waals surface area contributed by atoms with Crippen molar-refractivity contribution in [2.45, 2.75) is 41.0 Å². The van der Waals surface area contributed by atoms with Crippen LogP contribution in [0.25, 0.3) is 33.4 Å². The number of hydrogen-bond donors (Lipinski definition) is 4. The Bertz CT molecular complexity index is 1520. The fourth-order valence-electron chi connectivity index (χ4n) is 4.90. The third-order valence-electron chi connectivity index (χ3n) is 7.01. The van der Waals surface area contributed by atoms with Gasteiger partial charge in [0, 0.05) is 60.9 Å². The van der Waals surface area contributed by atoms with Crippen LogP contribution in [0.4, 0.5) is 5.69 Å². The SMILES string of the molecule is CC(=O)NCCCP(=O)(O)O.CCN(CC)c1ccc2c(-c3ccccc3)c3ccc(=[N+](CC)CC)cc-3oc2c1.CN. The lowest BCUT2D eigenvalue weighted by Gasteiger charge is -2.22. The quantitative estimate of drug-likeness (QED) is 0.0846. The van der Waals surface area contributed by atoms with Crippen molar-refractivity contribution in [3.63, 3.8) is 0 Å². The van der Waals surface area contributed by atoms with Crippen molar-refractivity contribution in [1.29, 1.82) is 0 Å². The molecule has 2 aromatic carbocycles. The van der Waals surface area contributed by atoms with E-state index in [9.17, 15) is 9.36 Å². The number of nitrogens with two attached hydrogens (primary N) is 1. The minimum Gasteiger partial charge on any atom is -0.456 e. The van der Waals surface area contributed by atoms with Gasteiger partial charge in [-0.25, -0.2) is 4.58 Å². The van der Waals surface area contributed by atoms with Crippen LogP contribution in [0.5, 0.6) is 0 Å². The summed E-state index contributed by atoms with van der Waals surface area (Å²) in [7, 11) is -2.38. The molecule has 43 heavy (non-hydrogen) atoms. The molecule has 10 heteroatoms. The molecule has 1 aliphatic heterocycles. The lowest BCUT2D eigenvalue weighted by molar-refractivity contribution is -0.118. The fraction of sp³-hybridized carbons (Fsp3) is 0.394. The Morgan fingerprint density at radius 2 is 1.60 bits per heavy atom. The fourth-order valence-corrected chi connectivity index (χ4v) is 5.47. The minimum atomic E-state index is -3.88. The van der Waals surface area contributed by atoms with Gasteiger partial charge < -0.3 is 30.2 Å². The first-order valence-corrected chi connectivity index (χ1v) is 16.7. The van der Waals surface area contributed by atoms with E-state index < -0.39 is 7.60 Å². The summed E-state index contributed by atoms with van der Waals surface area (Å²) in [5, 5.41) is 4.79. The van der Waals surface area contributed by atoms with Gasteiger partial charge in [-0.3, -0.25) is 9.36 Å². The second kappa shape index (κ2) is 17.6. The molecule has 0 saturated carbocycles. The normalized spacial score (nSPS) is 10.8. The summed E-state index contributed by atoms with van der Waals surface area (Å²) in [6.45, 7) is 14.4. The molecule has 1 amide bonds. The van der Waals surface area contributed by atoms with Crippen LogP contribution in [0.3, 0.4) is 0 Å². The zero-order valence-electron chi connectivity index (χ0n) is 26.3.